The Morgan fingerprint density at radius 1 is 1.55 bits per heavy atom. The molecule has 0 aliphatic carbocycles. The van der Waals surface area contributed by atoms with E-state index >= 15 is 0 Å². The Kier molecular flexibility index (Phi) is 4.33. The van der Waals surface area contributed by atoms with Gasteiger partial charge < -0.3 is 14.9 Å². The number of allylic oxidation sites excluding steroid dienone is 2. The van der Waals surface area contributed by atoms with Gasteiger partial charge in [-0.15, -0.1) is 0 Å². The molecule has 108 valence electrons. The molecule has 1 fully saturated rings. The van der Waals surface area contributed by atoms with Crippen LogP contribution in [-0.2, 0) is 4.74 Å². The smallest absolute Gasteiger partial charge is 0.330 e. The predicted octanol–water partition coefficient (Wildman–Crippen LogP) is -0.623. The zero-order chi connectivity index (χ0) is 14.7. The van der Waals surface area contributed by atoms with Crippen LogP contribution in [-0.4, -0.2) is 38.6 Å². The second kappa shape index (κ2) is 6.00. The Morgan fingerprint density at radius 3 is 2.90 bits per heavy atom. The lowest BCUT2D eigenvalue weighted by Crippen LogP contribution is -2.33. The van der Waals surface area contributed by atoms with Gasteiger partial charge in [-0.05, 0) is 6.08 Å². The van der Waals surface area contributed by atoms with Gasteiger partial charge in [0.2, 0.25) is 0 Å². The highest BCUT2D eigenvalue weighted by atomic mass is 16.5. The molecule has 1 aliphatic rings. The Hall–Kier alpha value is -1.96. The first kappa shape index (κ1) is 14.4. The van der Waals surface area contributed by atoms with Crippen LogP contribution in [0.2, 0.25) is 0 Å². The van der Waals surface area contributed by atoms with Crippen LogP contribution in [0.5, 0.6) is 0 Å². The van der Waals surface area contributed by atoms with Gasteiger partial charge in [0.15, 0.2) is 0 Å². The summed E-state index contributed by atoms with van der Waals surface area (Å²) in [5.41, 5.74) is -0.863. The van der Waals surface area contributed by atoms with Crippen molar-refractivity contribution in [2.45, 2.75) is 24.9 Å². The van der Waals surface area contributed by atoms with Crippen molar-refractivity contribution in [3.05, 3.63) is 51.3 Å². The zero-order valence-electron chi connectivity index (χ0n) is 10.7. The molecule has 3 atom stereocenters. The first-order chi connectivity index (χ1) is 9.56. The Balaban J connectivity index is 2.37. The van der Waals surface area contributed by atoms with Crippen molar-refractivity contribution < 1.29 is 14.9 Å². The number of hydrogen-bond donors (Lipinski definition) is 3. The van der Waals surface area contributed by atoms with E-state index in [1.165, 1.54) is 22.9 Å². The molecule has 0 bridgehead atoms. The van der Waals surface area contributed by atoms with Crippen LogP contribution < -0.4 is 11.2 Å². The third-order valence-corrected chi connectivity index (χ3v) is 3.10. The maximum atomic E-state index is 11.8. The highest BCUT2D eigenvalue weighted by molar-refractivity contribution is 5.48. The molecule has 0 unspecified atom stereocenters. The molecule has 20 heavy (non-hydrogen) atoms. The maximum Gasteiger partial charge on any atom is 0.330 e. The van der Waals surface area contributed by atoms with E-state index in [-0.39, 0.29) is 18.6 Å². The van der Waals surface area contributed by atoms with Crippen LogP contribution in [0.3, 0.4) is 0 Å². The lowest BCUT2D eigenvalue weighted by molar-refractivity contribution is -0.0459. The molecule has 0 saturated carbocycles. The Morgan fingerprint density at radius 2 is 2.30 bits per heavy atom. The molecule has 0 radical (unpaired) electrons. The van der Waals surface area contributed by atoms with Crippen molar-refractivity contribution in [3.63, 3.8) is 0 Å². The minimum absolute atomic E-state index is 0.168. The lowest BCUT2D eigenvalue weighted by atomic mass is 10.2. The van der Waals surface area contributed by atoms with E-state index in [2.05, 4.69) is 11.6 Å². The molecule has 0 aromatic carbocycles. The van der Waals surface area contributed by atoms with Gasteiger partial charge in [-0.1, -0.05) is 18.7 Å². The molecule has 1 aliphatic heterocycles. The number of aliphatic hydroxyl groups is 2. The molecule has 1 aromatic rings. The largest absolute Gasteiger partial charge is 0.394 e. The average Bonchev–Trinajstić information content (AvgIpc) is 2.79. The third-order valence-electron chi connectivity index (χ3n) is 3.10. The number of nitrogens with zero attached hydrogens (tertiary/aromatic N) is 1. The number of nitrogens with one attached hydrogen (secondary N) is 1. The van der Waals surface area contributed by atoms with E-state index in [0.29, 0.717) is 0 Å². The quantitative estimate of drug-likeness (QED) is 0.637. The minimum Gasteiger partial charge on any atom is -0.394 e. The Bertz CT molecular complexity index is 630. The van der Waals surface area contributed by atoms with Crippen molar-refractivity contribution in [3.8, 4) is 0 Å². The average molecular weight is 280 g/mol. The summed E-state index contributed by atoms with van der Waals surface area (Å²) in [6, 6.07) is 0. The summed E-state index contributed by atoms with van der Waals surface area (Å²) < 4.78 is 6.58. The van der Waals surface area contributed by atoms with Crippen LogP contribution in [0.1, 0.15) is 18.2 Å². The van der Waals surface area contributed by atoms with Crippen LogP contribution in [0.25, 0.3) is 6.08 Å². The summed E-state index contributed by atoms with van der Waals surface area (Å²) in [7, 11) is 0. The molecule has 0 spiro atoms. The molecule has 7 nitrogen and oxygen atoms in total. The summed E-state index contributed by atoms with van der Waals surface area (Å²) in [6.07, 6.45) is 3.81. The fraction of sp³-hybridized carbons (Fsp3) is 0.385. The molecular formula is C13H16N2O5. The van der Waals surface area contributed by atoms with Crippen LogP contribution in [0.4, 0.5) is 0 Å². The highest BCUT2D eigenvalue weighted by Gasteiger charge is 2.35. The maximum absolute atomic E-state index is 11.8. The molecule has 2 rings (SSSR count). The SMILES string of the molecule is C=C/C=C/c1cn([C@H]2C[C@H](O)[C@@H](CO)O2)c(=O)[nH]c1=O. The zero-order valence-corrected chi connectivity index (χ0v) is 10.7. The normalized spacial score (nSPS) is 26.2. The number of hydrogen-bond acceptors (Lipinski definition) is 5. The van der Waals surface area contributed by atoms with Crippen LogP contribution in [0.15, 0.2) is 34.5 Å². The summed E-state index contributed by atoms with van der Waals surface area (Å²) in [6.45, 7) is 3.17. The van der Waals surface area contributed by atoms with E-state index in [4.69, 9.17) is 9.84 Å². The van der Waals surface area contributed by atoms with Gasteiger partial charge >= 0.3 is 5.69 Å². The van der Waals surface area contributed by atoms with Crippen molar-refractivity contribution in [1.82, 2.24) is 9.55 Å². The van der Waals surface area contributed by atoms with Gasteiger partial charge in [0.1, 0.15) is 12.3 Å². The van der Waals surface area contributed by atoms with Gasteiger partial charge in [-0.3, -0.25) is 14.3 Å². The highest BCUT2D eigenvalue weighted by Crippen LogP contribution is 2.27. The number of aromatic amines is 1. The van der Waals surface area contributed by atoms with Gasteiger partial charge in [-0.2, -0.15) is 0 Å². The third kappa shape index (κ3) is 2.79. The molecule has 1 aromatic heterocycles. The van der Waals surface area contributed by atoms with Crippen LogP contribution in [0, 0.1) is 0 Å². The Labute approximate surface area is 114 Å². The topological polar surface area (TPSA) is 105 Å². The molecule has 1 saturated heterocycles. The fourth-order valence-corrected chi connectivity index (χ4v) is 2.06. The van der Waals surface area contributed by atoms with E-state index in [9.17, 15) is 14.7 Å². The van der Waals surface area contributed by atoms with E-state index in [1.54, 1.807) is 6.08 Å². The molecular weight excluding hydrogens is 264 g/mol. The van der Waals surface area contributed by atoms with Crippen molar-refractivity contribution in [2.75, 3.05) is 6.61 Å². The van der Waals surface area contributed by atoms with E-state index in [0.717, 1.165) is 0 Å². The number of ether oxygens (including phenoxy) is 1. The first-order valence-electron chi connectivity index (χ1n) is 6.15. The number of aliphatic hydroxyl groups excluding tert-OH is 2. The van der Waals surface area contributed by atoms with E-state index < -0.39 is 29.7 Å². The van der Waals surface area contributed by atoms with Crippen molar-refractivity contribution in [2.24, 2.45) is 0 Å². The van der Waals surface area contributed by atoms with Gasteiger partial charge in [0, 0.05) is 12.6 Å². The lowest BCUT2D eigenvalue weighted by Gasteiger charge is -2.14. The van der Waals surface area contributed by atoms with E-state index in [1.807, 2.05) is 0 Å². The predicted molar refractivity (Wildman–Crippen MR) is 72.2 cm³/mol. The van der Waals surface area contributed by atoms with Gasteiger partial charge in [-0.25, -0.2) is 4.79 Å². The van der Waals surface area contributed by atoms with Gasteiger partial charge in [0.25, 0.3) is 5.56 Å². The standard InChI is InChI=1S/C13H16N2O5/c1-2-3-4-8-6-15(13(19)14-12(8)18)11-5-9(17)10(7-16)20-11/h2-4,6,9-11,16-17H,1,5,7H2,(H,14,18,19)/b4-3+/t9-,10+,11+/m0/s1. The summed E-state index contributed by atoms with van der Waals surface area (Å²) >= 11 is 0. The number of H-pyrrole nitrogens is 1. The molecule has 7 heteroatoms. The number of aromatic nitrogens is 2. The summed E-state index contributed by atoms with van der Waals surface area (Å²) in [5.74, 6) is 0. The second-order valence-electron chi connectivity index (χ2n) is 4.46. The summed E-state index contributed by atoms with van der Waals surface area (Å²) in [4.78, 5) is 25.6. The monoisotopic (exact) mass is 280 g/mol. The molecule has 2 heterocycles. The summed E-state index contributed by atoms with van der Waals surface area (Å²) in [5, 5.41) is 18.7. The second-order valence-corrected chi connectivity index (χ2v) is 4.46. The minimum atomic E-state index is -0.851. The van der Waals surface area contributed by atoms with Crippen LogP contribution >= 0.6 is 0 Å². The number of rotatable bonds is 4. The first-order valence-corrected chi connectivity index (χ1v) is 6.15. The van der Waals surface area contributed by atoms with Crippen molar-refractivity contribution in [1.29, 1.82) is 0 Å². The fourth-order valence-electron chi connectivity index (χ4n) is 2.06. The molecule has 0 amide bonds. The van der Waals surface area contributed by atoms with Crippen molar-refractivity contribution >= 4 is 6.08 Å². The molecule has 3 N–H and O–H groups in total. The van der Waals surface area contributed by atoms with Gasteiger partial charge in [0.05, 0.1) is 18.3 Å².